The summed E-state index contributed by atoms with van der Waals surface area (Å²) < 4.78 is 23.1. The Morgan fingerprint density at radius 2 is 1.11 bits per heavy atom. The lowest BCUT2D eigenvalue weighted by Crippen LogP contribution is -2.11. The van der Waals surface area contributed by atoms with Gasteiger partial charge in [0.15, 0.2) is 0 Å². The molecule has 0 heterocycles. The van der Waals surface area contributed by atoms with Crippen LogP contribution in [-0.2, 0) is 0 Å². The third-order valence-electron chi connectivity index (χ3n) is 7.23. The molecule has 242 valence electrons. The summed E-state index contributed by atoms with van der Waals surface area (Å²) >= 11 is 0. The average Bonchev–Trinajstić information content (AvgIpc) is 3.06. The minimum absolute atomic E-state index is 0.260. The summed E-state index contributed by atoms with van der Waals surface area (Å²) in [6, 6.07) is 19.6. The van der Waals surface area contributed by atoms with E-state index in [2.05, 4.69) is 30.7 Å². The fourth-order valence-corrected chi connectivity index (χ4v) is 4.64. The van der Waals surface area contributed by atoms with Gasteiger partial charge in [0.2, 0.25) is 0 Å². The van der Waals surface area contributed by atoms with E-state index in [0.29, 0.717) is 35.1 Å². The van der Waals surface area contributed by atoms with Gasteiger partial charge in [0.25, 0.3) is 0 Å². The first-order valence-corrected chi connectivity index (χ1v) is 16.6. The zero-order valence-electron chi connectivity index (χ0n) is 27.2. The number of hydrogen-bond acceptors (Lipinski definition) is 7. The molecule has 7 heteroatoms. The lowest BCUT2D eigenvalue weighted by atomic mass is 10.1. The minimum Gasteiger partial charge on any atom is -0.494 e. The number of nitrogens with zero attached hydrogens (tertiary/aromatic N) is 2. The fourth-order valence-electron chi connectivity index (χ4n) is 4.64. The molecule has 0 aliphatic heterocycles. The van der Waals surface area contributed by atoms with Crippen molar-refractivity contribution in [1.82, 2.24) is 0 Å². The third-order valence-corrected chi connectivity index (χ3v) is 7.23. The molecule has 3 aromatic rings. The van der Waals surface area contributed by atoms with E-state index in [1.807, 2.05) is 24.3 Å². The zero-order valence-corrected chi connectivity index (χ0v) is 27.2. The standard InChI is InChI=1S/C38H50N2O5/c1-4-7-9-11-13-15-28-42-33-21-17-31(18-22-33)39-40-32-19-23-34(24-20-32)45-38(41)36-26-25-35(30-37(36)44-27-6-3)43-29-16-14-12-10-8-5-2/h6,17-26,30H,3-5,7-16,27-29H2,1-2H3. The van der Waals surface area contributed by atoms with Crippen LogP contribution in [-0.4, -0.2) is 25.8 Å². The van der Waals surface area contributed by atoms with Crippen LogP contribution in [0.5, 0.6) is 23.0 Å². The van der Waals surface area contributed by atoms with E-state index in [9.17, 15) is 4.79 Å². The Morgan fingerprint density at radius 3 is 1.67 bits per heavy atom. The Kier molecular flexibility index (Phi) is 16.9. The van der Waals surface area contributed by atoms with Gasteiger partial charge in [-0.2, -0.15) is 10.2 Å². The van der Waals surface area contributed by atoms with Crippen LogP contribution in [0.25, 0.3) is 0 Å². The summed E-state index contributed by atoms with van der Waals surface area (Å²) in [5.41, 5.74) is 1.68. The predicted molar refractivity (Wildman–Crippen MR) is 182 cm³/mol. The first-order chi connectivity index (χ1) is 22.1. The molecule has 3 rings (SSSR count). The zero-order chi connectivity index (χ0) is 32.0. The molecule has 0 radical (unpaired) electrons. The fraction of sp³-hybridized carbons (Fsp3) is 0.447. The van der Waals surface area contributed by atoms with Crippen molar-refractivity contribution in [3.63, 3.8) is 0 Å². The van der Waals surface area contributed by atoms with E-state index < -0.39 is 5.97 Å². The molecule has 0 aromatic heterocycles. The van der Waals surface area contributed by atoms with Crippen molar-refractivity contribution < 1.29 is 23.7 Å². The number of carbonyl (C=O) groups excluding carboxylic acids is 1. The Balaban J connectivity index is 1.48. The summed E-state index contributed by atoms with van der Waals surface area (Å²) in [5, 5.41) is 8.61. The van der Waals surface area contributed by atoms with Gasteiger partial charge < -0.3 is 18.9 Å². The number of benzene rings is 3. The number of azo groups is 1. The number of carbonyl (C=O) groups is 1. The maximum Gasteiger partial charge on any atom is 0.347 e. The van der Waals surface area contributed by atoms with Crippen molar-refractivity contribution in [1.29, 1.82) is 0 Å². The van der Waals surface area contributed by atoms with Crippen molar-refractivity contribution in [2.75, 3.05) is 19.8 Å². The molecular formula is C38H50N2O5. The van der Waals surface area contributed by atoms with Crippen LogP contribution in [0.15, 0.2) is 89.6 Å². The first-order valence-electron chi connectivity index (χ1n) is 16.6. The van der Waals surface area contributed by atoms with Crippen molar-refractivity contribution in [3.05, 3.63) is 84.9 Å². The van der Waals surface area contributed by atoms with E-state index in [1.165, 1.54) is 57.8 Å². The van der Waals surface area contributed by atoms with Crippen molar-refractivity contribution in [2.24, 2.45) is 10.2 Å². The normalized spacial score (nSPS) is 11.0. The van der Waals surface area contributed by atoms with Crippen LogP contribution in [0.1, 0.15) is 101 Å². The molecule has 0 bridgehead atoms. The largest absolute Gasteiger partial charge is 0.494 e. The molecule has 0 aliphatic rings. The highest BCUT2D eigenvalue weighted by Crippen LogP contribution is 2.28. The number of rotatable bonds is 23. The van der Waals surface area contributed by atoms with E-state index in [1.54, 1.807) is 48.5 Å². The minimum atomic E-state index is -0.523. The van der Waals surface area contributed by atoms with Crippen LogP contribution in [0.3, 0.4) is 0 Å². The highest BCUT2D eigenvalue weighted by atomic mass is 16.5. The lowest BCUT2D eigenvalue weighted by Gasteiger charge is -2.13. The summed E-state index contributed by atoms with van der Waals surface area (Å²) in [5.74, 6) is 1.75. The van der Waals surface area contributed by atoms with E-state index in [0.717, 1.165) is 37.3 Å². The molecule has 3 aromatic carbocycles. The Bertz CT molecular complexity index is 1290. The predicted octanol–water partition coefficient (Wildman–Crippen LogP) is 11.4. The molecule has 0 N–H and O–H groups in total. The van der Waals surface area contributed by atoms with Gasteiger partial charge in [-0.1, -0.05) is 90.7 Å². The third kappa shape index (κ3) is 14.0. The molecule has 7 nitrogen and oxygen atoms in total. The van der Waals surface area contributed by atoms with Gasteiger partial charge in [0.05, 0.1) is 24.6 Å². The number of hydrogen-bond donors (Lipinski definition) is 0. The summed E-state index contributed by atoms with van der Waals surface area (Å²) in [7, 11) is 0. The highest BCUT2D eigenvalue weighted by molar-refractivity contribution is 5.94. The number of esters is 1. The van der Waals surface area contributed by atoms with Gasteiger partial charge >= 0.3 is 5.97 Å². The summed E-state index contributed by atoms with van der Waals surface area (Å²) in [6.45, 7) is 9.77. The monoisotopic (exact) mass is 614 g/mol. The van der Waals surface area contributed by atoms with Crippen molar-refractivity contribution >= 4 is 17.3 Å². The molecule has 0 fully saturated rings. The van der Waals surface area contributed by atoms with Crippen LogP contribution >= 0.6 is 0 Å². The topological polar surface area (TPSA) is 78.7 Å². The lowest BCUT2D eigenvalue weighted by molar-refractivity contribution is 0.0730. The van der Waals surface area contributed by atoms with Crippen molar-refractivity contribution in [2.45, 2.75) is 90.9 Å². The van der Waals surface area contributed by atoms with Crippen molar-refractivity contribution in [3.8, 4) is 23.0 Å². The maximum absolute atomic E-state index is 13.0. The molecule has 0 spiro atoms. The van der Waals surface area contributed by atoms with Gasteiger partial charge in [-0.25, -0.2) is 4.79 Å². The second-order valence-corrected chi connectivity index (χ2v) is 11.1. The first kappa shape index (κ1) is 35.4. The Labute approximate surface area is 269 Å². The molecule has 0 saturated carbocycles. The van der Waals surface area contributed by atoms with Crippen LogP contribution in [0.4, 0.5) is 11.4 Å². The van der Waals surface area contributed by atoms with Crippen LogP contribution < -0.4 is 18.9 Å². The molecule has 0 unspecified atom stereocenters. The van der Waals surface area contributed by atoms with Gasteiger partial charge in [-0.3, -0.25) is 0 Å². The van der Waals surface area contributed by atoms with E-state index >= 15 is 0 Å². The second kappa shape index (κ2) is 21.6. The molecule has 45 heavy (non-hydrogen) atoms. The smallest absolute Gasteiger partial charge is 0.347 e. The molecule has 0 amide bonds. The van der Waals surface area contributed by atoms with E-state index in [4.69, 9.17) is 18.9 Å². The number of unbranched alkanes of at least 4 members (excludes halogenated alkanes) is 10. The second-order valence-electron chi connectivity index (χ2n) is 11.1. The SMILES string of the molecule is C=CCOc1cc(OCCCCCCCC)ccc1C(=O)Oc1ccc(N=Nc2ccc(OCCCCCCCC)cc2)cc1. The highest BCUT2D eigenvalue weighted by Gasteiger charge is 2.16. The summed E-state index contributed by atoms with van der Waals surface area (Å²) in [4.78, 5) is 13.0. The molecular weight excluding hydrogens is 564 g/mol. The van der Waals surface area contributed by atoms with Gasteiger partial charge in [-0.15, -0.1) is 0 Å². The maximum atomic E-state index is 13.0. The molecule has 0 aliphatic carbocycles. The van der Waals surface area contributed by atoms with Gasteiger partial charge in [-0.05, 0) is 73.5 Å². The summed E-state index contributed by atoms with van der Waals surface area (Å²) in [6.07, 6.45) is 16.2. The van der Waals surface area contributed by atoms with Crippen LogP contribution in [0.2, 0.25) is 0 Å². The Morgan fingerprint density at radius 1 is 0.622 bits per heavy atom. The molecule has 0 saturated heterocycles. The average molecular weight is 615 g/mol. The van der Waals surface area contributed by atoms with Crippen LogP contribution in [0, 0.1) is 0 Å². The Hall–Kier alpha value is -4.13. The molecule has 0 atom stereocenters. The number of ether oxygens (including phenoxy) is 4. The van der Waals surface area contributed by atoms with Gasteiger partial charge in [0, 0.05) is 6.07 Å². The van der Waals surface area contributed by atoms with E-state index in [-0.39, 0.29) is 6.61 Å². The quantitative estimate of drug-likeness (QED) is 0.0349. The van der Waals surface area contributed by atoms with Gasteiger partial charge in [0.1, 0.15) is 35.2 Å².